The van der Waals surface area contributed by atoms with Gasteiger partial charge in [-0.25, -0.2) is 17.5 Å². The van der Waals surface area contributed by atoms with Crippen molar-refractivity contribution in [2.45, 2.75) is 37.1 Å². The molecule has 4 nitrogen and oxygen atoms in total. The maximum atomic E-state index is 13.5. The Bertz CT molecular complexity index is 900. The summed E-state index contributed by atoms with van der Waals surface area (Å²) in [5.41, 5.74) is 8.68. The normalized spacial score (nSPS) is 17.5. The van der Waals surface area contributed by atoms with E-state index in [1.807, 2.05) is 12.1 Å². The first-order valence-electron chi connectivity index (χ1n) is 7.64. The number of fused-ring (bicyclic) bond motifs is 1. The van der Waals surface area contributed by atoms with Crippen LogP contribution in [0.15, 0.2) is 35.2 Å². The highest BCUT2D eigenvalue weighted by Gasteiger charge is 2.27. The van der Waals surface area contributed by atoms with Gasteiger partial charge in [0.2, 0.25) is 10.0 Å². The van der Waals surface area contributed by atoms with Gasteiger partial charge in [-0.15, -0.1) is 0 Å². The number of aryl methyl sites for hydroxylation is 2. The van der Waals surface area contributed by atoms with Crippen molar-refractivity contribution in [3.8, 4) is 0 Å². The predicted molar refractivity (Wildman–Crippen MR) is 93.0 cm³/mol. The van der Waals surface area contributed by atoms with Crippen molar-refractivity contribution in [2.75, 3.05) is 5.73 Å². The minimum atomic E-state index is -3.86. The van der Waals surface area contributed by atoms with E-state index in [1.54, 1.807) is 6.07 Å². The molecular formula is C17H18ClFN2O2S. The molecule has 1 atom stereocenters. The van der Waals surface area contributed by atoms with Gasteiger partial charge in [-0.05, 0) is 67.1 Å². The van der Waals surface area contributed by atoms with Crippen molar-refractivity contribution in [1.29, 1.82) is 0 Å². The van der Waals surface area contributed by atoms with Crippen LogP contribution in [0.25, 0.3) is 0 Å². The summed E-state index contributed by atoms with van der Waals surface area (Å²) in [7, 11) is -3.86. The Kier molecular flexibility index (Phi) is 4.55. The molecular weight excluding hydrogens is 351 g/mol. The van der Waals surface area contributed by atoms with Gasteiger partial charge in [-0.3, -0.25) is 0 Å². The van der Waals surface area contributed by atoms with Gasteiger partial charge in [-0.2, -0.15) is 0 Å². The van der Waals surface area contributed by atoms with Crippen LogP contribution in [0.5, 0.6) is 0 Å². The fourth-order valence-electron chi connectivity index (χ4n) is 3.04. The van der Waals surface area contributed by atoms with E-state index in [1.165, 1.54) is 13.0 Å². The van der Waals surface area contributed by atoms with Crippen LogP contribution in [0.1, 0.15) is 35.6 Å². The Labute approximate surface area is 145 Å². The summed E-state index contributed by atoms with van der Waals surface area (Å²) >= 11 is 5.95. The van der Waals surface area contributed by atoms with Crippen molar-refractivity contribution in [3.63, 3.8) is 0 Å². The lowest BCUT2D eigenvalue weighted by Crippen LogP contribution is -2.31. The van der Waals surface area contributed by atoms with E-state index in [4.69, 9.17) is 17.3 Å². The van der Waals surface area contributed by atoms with E-state index in [9.17, 15) is 12.8 Å². The second-order valence-electron chi connectivity index (χ2n) is 6.06. The molecule has 0 bridgehead atoms. The van der Waals surface area contributed by atoms with Crippen molar-refractivity contribution in [1.82, 2.24) is 4.72 Å². The summed E-state index contributed by atoms with van der Waals surface area (Å²) in [5, 5.41) is -0.126. The molecule has 3 rings (SSSR count). The van der Waals surface area contributed by atoms with Gasteiger partial charge in [-0.1, -0.05) is 17.7 Å². The van der Waals surface area contributed by atoms with Gasteiger partial charge in [0.15, 0.2) is 0 Å². The summed E-state index contributed by atoms with van der Waals surface area (Å²) in [6.07, 6.45) is 2.42. The largest absolute Gasteiger partial charge is 0.399 e. The maximum absolute atomic E-state index is 13.5. The number of benzene rings is 2. The molecule has 1 aliphatic carbocycles. The van der Waals surface area contributed by atoms with Gasteiger partial charge in [0, 0.05) is 11.7 Å². The third-order valence-electron chi connectivity index (χ3n) is 4.28. The zero-order valence-corrected chi connectivity index (χ0v) is 14.7. The molecule has 1 aliphatic rings. The molecule has 3 N–H and O–H groups in total. The Morgan fingerprint density at radius 1 is 1.29 bits per heavy atom. The first-order valence-corrected chi connectivity index (χ1v) is 9.50. The van der Waals surface area contributed by atoms with E-state index in [2.05, 4.69) is 4.72 Å². The molecule has 0 amide bonds. The SMILES string of the molecule is Cc1cc(S(=O)(=O)NC2CCCc3cc(N)ccc32)c(Cl)cc1F. The Morgan fingerprint density at radius 2 is 2.04 bits per heavy atom. The first-order chi connectivity index (χ1) is 11.3. The van der Waals surface area contributed by atoms with Crippen molar-refractivity contribution in [2.24, 2.45) is 0 Å². The summed E-state index contributed by atoms with van der Waals surface area (Å²) in [4.78, 5) is -0.106. The van der Waals surface area contributed by atoms with Crippen LogP contribution in [0, 0.1) is 12.7 Å². The number of hydrogen-bond donors (Lipinski definition) is 2. The summed E-state index contributed by atoms with van der Waals surface area (Å²) in [6.45, 7) is 1.50. The molecule has 0 heterocycles. The number of sulfonamides is 1. The summed E-state index contributed by atoms with van der Waals surface area (Å²) < 4.78 is 41.7. The lowest BCUT2D eigenvalue weighted by molar-refractivity contribution is 0.507. The molecule has 2 aromatic rings. The maximum Gasteiger partial charge on any atom is 0.242 e. The third-order valence-corrected chi connectivity index (χ3v) is 6.22. The number of anilines is 1. The van der Waals surface area contributed by atoms with E-state index in [0.29, 0.717) is 12.1 Å². The molecule has 24 heavy (non-hydrogen) atoms. The standard InChI is InChI=1S/C17H18ClFN2O2S/c1-10-7-17(14(18)9-15(10)19)24(22,23)21-16-4-2-3-11-8-12(20)5-6-13(11)16/h5-9,16,21H,2-4,20H2,1H3. The fourth-order valence-corrected chi connectivity index (χ4v) is 4.89. The van der Waals surface area contributed by atoms with Crippen LogP contribution in [0.2, 0.25) is 5.02 Å². The van der Waals surface area contributed by atoms with Gasteiger partial charge in [0.25, 0.3) is 0 Å². The lowest BCUT2D eigenvalue weighted by atomic mass is 9.88. The molecule has 128 valence electrons. The first kappa shape index (κ1) is 17.2. The monoisotopic (exact) mass is 368 g/mol. The smallest absolute Gasteiger partial charge is 0.242 e. The molecule has 0 fully saturated rings. The van der Waals surface area contributed by atoms with E-state index >= 15 is 0 Å². The van der Waals surface area contributed by atoms with Crippen LogP contribution in [0.4, 0.5) is 10.1 Å². The number of nitrogens with two attached hydrogens (primary N) is 1. The summed E-state index contributed by atoms with van der Waals surface area (Å²) in [6, 6.07) is 7.44. The number of rotatable bonds is 3. The predicted octanol–water partition coefficient (Wildman–Crippen LogP) is 3.73. The van der Waals surface area contributed by atoms with Crippen LogP contribution in [-0.2, 0) is 16.4 Å². The number of hydrogen-bond acceptors (Lipinski definition) is 3. The van der Waals surface area contributed by atoms with Crippen LogP contribution >= 0.6 is 11.6 Å². The molecule has 0 radical (unpaired) electrons. The van der Waals surface area contributed by atoms with Crippen LogP contribution in [0.3, 0.4) is 0 Å². The van der Waals surface area contributed by atoms with Crippen LogP contribution in [-0.4, -0.2) is 8.42 Å². The van der Waals surface area contributed by atoms with Crippen molar-refractivity contribution < 1.29 is 12.8 Å². The molecule has 1 unspecified atom stereocenters. The van der Waals surface area contributed by atoms with Gasteiger partial charge >= 0.3 is 0 Å². The lowest BCUT2D eigenvalue weighted by Gasteiger charge is -2.26. The topological polar surface area (TPSA) is 72.2 Å². The van der Waals surface area contributed by atoms with Crippen molar-refractivity contribution >= 4 is 27.3 Å². The molecule has 2 aromatic carbocycles. The zero-order valence-electron chi connectivity index (χ0n) is 13.1. The average Bonchev–Trinajstić information content (AvgIpc) is 2.50. The highest BCUT2D eigenvalue weighted by molar-refractivity contribution is 7.89. The molecule has 0 saturated carbocycles. The van der Waals surface area contributed by atoms with E-state index < -0.39 is 15.8 Å². The average molecular weight is 369 g/mol. The number of halogens is 2. The third kappa shape index (κ3) is 3.27. The van der Waals surface area contributed by atoms with Crippen molar-refractivity contribution in [3.05, 3.63) is 57.9 Å². The van der Waals surface area contributed by atoms with E-state index in [0.717, 1.165) is 30.0 Å². The Hall–Kier alpha value is -1.63. The molecule has 0 spiro atoms. The number of nitrogens with one attached hydrogen (secondary N) is 1. The minimum absolute atomic E-state index is 0.106. The Morgan fingerprint density at radius 3 is 2.79 bits per heavy atom. The highest BCUT2D eigenvalue weighted by Crippen LogP contribution is 2.33. The number of nitrogen functional groups attached to an aromatic ring is 1. The van der Waals surface area contributed by atoms with Gasteiger partial charge < -0.3 is 5.73 Å². The molecule has 0 aliphatic heterocycles. The van der Waals surface area contributed by atoms with Crippen LogP contribution < -0.4 is 10.5 Å². The minimum Gasteiger partial charge on any atom is -0.399 e. The second kappa shape index (κ2) is 6.35. The fraction of sp³-hybridized carbons (Fsp3) is 0.294. The van der Waals surface area contributed by atoms with Gasteiger partial charge in [0.05, 0.1) is 5.02 Å². The summed E-state index contributed by atoms with van der Waals surface area (Å²) in [5.74, 6) is -0.530. The molecule has 0 aromatic heterocycles. The molecule has 7 heteroatoms. The highest BCUT2D eigenvalue weighted by atomic mass is 35.5. The quantitative estimate of drug-likeness (QED) is 0.811. The second-order valence-corrected chi connectivity index (χ2v) is 8.15. The zero-order chi connectivity index (χ0) is 17.5. The van der Waals surface area contributed by atoms with Gasteiger partial charge in [0.1, 0.15) is 10.7 Å². The Balaban J connectivity index is 1.96. The molecule has 0 saturated heterocycles. The van der Waals surface area contributed by atoms with E-state index in [-0.39, 0.29) is 21.5 Å².